The zero-order chi connectivity index (χ0) is 6.69. The van der Waals surface area contributed by atoms with Crippen LogP contribution in [-0.4, -0.2) is 24.3 Å². The Kier molecular flexibility index (Phi) is 5.04. The molecule has 2 nitrogen and oxygen atoms in total. The van der Waals surface area contributed by atoms with Gasteiger partial charge >= 0.3 is 0 Å². The Hall–Kier alpha value is 0.210. The van der Waals surface area contributed by atoms with Crippen LogP contribution in [0.2, 0.25) is 0 Å². The summed E-state index contributed by atoms with van der Waals surface area (Å²) in [5.41, 5.74) is 0. The highest BCUT2D eigenvalue weighted by molar-refractivity contribution is 5.85. The number of hydrogen-bond acceptors (Lipinski definition) is 2. The molecule has 1 fully saturated rings. The Labute approximate surface area is 68.4 Å². The first-order chi connectivity index (χ1) is 4.34. The van der Waals surface area contributed by atoms with Crippen LogP contribution in [0.25, 0.3) is 0 Å². The highest BCUT2D eigenvalue weighted by atomic mass is 35.5. The Balaban J connectivity index is 0.000000810. The first-order valence-electron chi connectivity index (χ1n) is 3.69. The molecule has 62 valence electrons. The molecule has 0 saturated carbocycles. The van der Waals surface area contributed by atoms with Gasteiger partial charge < -0.3 is 10.4 Å². The highest BCUT2D eigenvalue weighted by Gasteiger charge is 2.18. The third-order valence-corrected chi connectivity index (χ3v) is 2.13. The molecule has 0 unspecified atom stereocenters. The standard InChI is InChI=1S/C7H15NO.ClH/c1-6-3-2-4-8-7(6)5-9;/h6-9H,2-5H2,1H3;1H/t6-,7+;/m0./s1. The maximum atomic E-state index is 8.80. The Morgan fingerprint density at radius 2 is 2.30 bits per heavy atom. The number of halogens is 1. The van der Waals surface area contributed by atoms with Crippen molar-refractivity contribution in [3.63, 3.8) is 0 Å². The lowest BCUT2D eigenvalue weighted by molar-refractivity contribution is 0.179. The molecular formula is C7H16ClNO. The van der Waals surface area contributed by atoms with Crippen molar-refractivity contribution in [3.8, 4) is 0 Å². The van der Waals surface area contributed by atoms with Crippen LogP contribution in [0.15, 0.2) is 0 Å². The van der Waals surface area contributed by atoms with E-state index in [1.165, 1.54) is 12.8 Å². The molecule has 1 heterocycles. The second kappa shape index (κ2) is 4.94. The molecule has 1 rings (SSSR count). The Bertz CT molecular complexity index is 89.7. The van der Waals surface area contributed by atoms with Crippen molar-refractivity contribution in [2.45, 2.75) is 25.8 Å². The average molecular weight is 166 g/mol. The molecule has 0 aromatic heterocycles. The van der Waals surface area contributed by atoms with Crippen LogP contribution in [0.1, 0.15) is 19.8 Å². The largest absolute Gasteiger partial charge is 0.395 e. The number of piperidine rings is 1. The summed E-state index contributed by atoms with van der Waals surface area (Å²) >= 11 is 0. The van der Waals surface area contributed by atoms with Gasteiger partial charge in [0.25, 0.3) is 0 Å². The fourth-order valence-corrected chi connectivity index (χ4v) is 1.36. The van der Waals surface area contributed by atoms with Gasteiger partial charge in [-0.15, -0.1) is 12.4 Å². The monoisotopic (exact) mass is 165 g/mol. The van der Waals surface area contributed by atoms with Gasteiger partial charge in [-0.1, -0.05) is 6.92 Å². The van der Waals surface area contributed by atoms with E-state index in [-0.39, 0.29) is 12.4 Å². The first kappa shape index (κ1) is 10.2. The average Bonchev–Trinajstić information content (AvgIpc) is 1.89. The van der Waals surface area contributed by atoms with Gasteiger partial charge in [0.2, 0.25) is 0 Å². The third-order valence-electron chi connectivity index (χ3n) is 2.13. The lowest BCUT2D eigenvalue weighted by Gasteiger charge is -2.28. The molecule has 0 radical (unpaired) electrons. The summed E-state index contributed by atoms with van der Waals surface area (Å²) in [4.78, 5) is 0. The van der Waals surface area contributed by atoms with Gasteiger partial charge in [-0.3, -0.25) is 0 Å². The van der Waals surface area contributed by atoms with E-state index in [1.807, 2.05) is 0 Å². The van der Waals surface area contributed by atoms with Gasteiger partial charge in [0.05, 0.1) is 6.61 Å². The predicted octanol–water partition coefficient (Wildman–Crippen LogP) is 0.789. The van der Waals surface area contributed by atoms with Crippen molar-refractivity contribution >= 4 is 12.4 Å². The molecule has 3 heteroatoms. The Morgan fingerprint density at radius 1 is 1.60 bits per heavy atom. The summed E-state index contributed by atoms with van der Waals surface area (Å²) in [6, 6.07) is 0.360. The van der Waals surface area contributed by atoms with Crippen molar-refractivity contribution in [2.75, 3.05) is 13.2 Å². The quantitative estimate of drug-likeness (QED) is 0.602. The van der Waals surface area contributed by atoms with Crippen LogP contribution in [-0.2, 0) is 0 Å². The van der Waals surface area contributed by atoms with Gasteiger partial charge in [-0.05, 0) is 25.3 Å². The zero-order valence-electron chi connectivity index (χ0n) is 6.34. The maximum absolute atomic E-state index is 8.80. The van der Waals surface area contributed by atoms with Crippen LogP contribution < -0.4 is 5.32 Å². The molecule has 2 atom stereocenters. The van der Waals surface area contributed by atoms with Crippen molar-refractivity contribution in [1.82, 2.24) is 5.32 Å². The van der Waals surface area contributed by atoms with Gasteiger partial charge in [0.15, 0.2) is 0 Å². The summed E-state index contributed by atoms with van der Waals surface area (Å²) in [6.07, 6.45) is 2.52. The van der Waals surface area contributed by atoms with Crippen LogP contribution in [0, 0.1) is 5.92 Å². The molecule has 0 bridgehead atoms. The smallest absolute Gasteiger partial charge is 0.0587 e. The van der Waals surface area contributed by atoms with Crippen LogP contribution in [0.5, 0.6) is 0 Å². The number of aliphatic hydroxyl groups excluding tert-OH is 1. The van der Waals surface area contributed by atoms with E-state index >= 15 is 0 Å². The minimum absolute atomic E-state index is 0. The van der Waals surface area contributed by atoms with Gasteiger partial charge in [0.1, 0.15) is 0 Å². The highest BCUT2D eigenvalue weighted by Crippen LogP contribution is 2.14. The summed E-state index contributed by atoms with van der Waals surface area (Å²) in [5, 5.41) is 12.1. The number of nitrogens with one attached hydrogen (secondary N) is 1. The van der Waals surface area contributed by atoms with Gasteiger partial charge in [-0.25, -0.2) is 0 Å². The molecule has 0 aliphatic carbocycles. The molecule has 1 aliphatic rings. The molecule has 1 saturated heterocycles. The molecule has 0 spiro atoms. The van der Waals surface area contributed by atoms with E-state index in [9.17, 15) is 0 Å². The minimum Gasteiger partial charge on any atom is -0.395 e. The summed E-state index contributed by atoms with van der Waals surface area (Å²) in [5.74, 6) is 0.656. The topological polar surface area (TPSA) is 32.3 Å². The maximum Gasteiger partial charge on any atom is 0.0587 e. The van der Waals surface area contributed by atoms with E-state index < -0.39 is 0 Å². The SMILES string of the molecule is C[C@H]1CCCN[C@@H]1CO.Cl. The van der Waals surface area contributed by atoms with Crippen LogP contribution in [0.3, 0.4) is 0 Å². The lowest BCUT2D eigenvalue weighted by atomic mass is 9.93. The normalized spacial score (nSPS) is 33.0. The molecule has 10 heavy (non-hydrogen) atoms. The lowest BCUT2D eigenvalue weighted by Crippen LogP contribution is -2.42. The van der Waals surface area contributed by atoms with Crippen molar-refractivity contribution < 1.29 is 5.11 Å². The van der Waals surface area contributed by atoms with Crippen LogP contribution >= 0.6 is 12.4 Å². The fraction of sp³-hybridized carbons (Fsp3) is 1.00. The van der Waals surface area contributed by atoms with Crippen LogP contribution in [0.4, 0.5) is 0 Å². The molecule has 0 amide bonds. The van der Waals surface area contributed by atoms with E-state index in [0.717, 1.165) is 6.54 Å². The molecular weight excluding hydrogens is 150 g/mol. The third kappa shape index (κ3) is 2.45. The second-order valence-electron chi connectivity index (χ2n) is 2.86. The summed E-state index contributed by atoms with van der Waals surface area (Å²) in [7, 11) is 0. The van der Waals surface area contributed by atoms with Gasteiger partial charge in [0, 0.05) is 6.04 Å². The summed E-state index contributed by atoms with van der Waals surface area (Å²) < 4.78 is 0. The molecule has 2 N–H and O–H groups in total. The second-order valence-corrected chi connectivity index (χ2v) is 2.86. The minimum atomic E-state index is 0. The van der Waals surface area contributed by atoms with Gasteiger partial charge in [-0.2, -0.15) is 0 Å². The van der Waals surface area contributed by atoms with Crippen molar-refractivity contribution in [2.24, 2.45) is 5.92 Å². The molecule has 1 aliphatic heterocycles. The number of hydrogen-bond donors (Lipinski definition) is 2. The number of rotatable bonds is 1. The first-order valence-corrected chi connectivity index (χ1v) is 3.69. The predicted molar refractivity (Wildman–Crippen MR) is 44.5 cm³/mol. The van der Waals surface area contributed by atoms with E-state index in [0.29, 0.717) is 18.6 Å². The van der Waals surface area contributed by atoms with Crippen molar-refractivity contribution in [1.29, 1.82) is 0 Å². The Morgan fingerprint density at radius 3 is 2.70 bits per heavy atom. The number of aliphatic hydroxyl groups is 1. The molecule has 0 aromatic carbocycles. The fourth-order valence-electron chi connectivity index (χ4n) is 1.36. The summed E-state index contributed by atoms with van der Waals surface area (Å²) in [6.45, 7) is 3.56. The van der Waals surface area contributed by atoms with E-state index in [4.69, 9.17) is 5.11 Å². The molecule has 0 aromatic rings. The zero-order valence-corrected chi connectivity index (χ0v) is 7.16. The van der Waals surface area contributed by atoms with E-state index in [2.05, 4.69) is 12.2 Å². The van der Waals surface area contributed by atoms with E-state index in [1.54, 1.807) is 0 Å². The van der Waals surface area contributed by atoms with Crippen molar-refractivity contribution in [3.05, 3.63) is 0 Å².